The molecule has 4 N–H and O–H groups in total. The predicted octanol–water partition coefficient (Wildman–Crippen LogP) is 6.71. The number of likely N-dealkylation sites (N-methyl/N-ethyl adjacent to an activating group) is 2. The standard InChI is InChI=1S/C45H70N6O7S/c1-10-29(6)40(49-42(54)38-22-28(5)20-21-50(38)9)44(55)51(11-2)37(27(3)4)25-39(57-31(8)52)43-48-36(26-59-43)41(53)47-34(24-32-16-18-33(46)19-17-32)23-30(7)45(56)58-35-14-12-13-15-35/h16-19,26-30,34-35,37-40H,10-15,20-25,46H2,1-9H3,(H,47,53)(H,49,54)/t28-,29+,30+,34-,37-,38-,39-,40+/m1/s1. The molecule has 13 nitrogen and oxygen atoms in total. The number of nitrogen functional groups attached to an aromatic ring is 1. The van der Waals surface area contributed by atoms with Gasteiger partial charge in [0.2, 0.25) is 11.8 Å². The summed E-state index contributed by atoms with van der Waals surface area (Å²) >= 11 is 1.22. The van der Waals surface area contributed by atoms with Gasteiger partial charge in [-0.15, -0.1) is 11.3 Å². The minimum Gasteiger partial charge on any atom is -0.462 e. The highest BCUT2D eigenvalue weighted by Gasteiger charge is 2.39. The number of thiazole rings is 1. The summed E-state index contributed by atoms with van der Waals surface area (Å²) < 4.78 is 11.7. The lowest BCUT2D eigenvalue weighted by molar-refractivity contribution is -0.153. The smallest absolute Gasteiger partial charge is 0.308 e. The Kier molecular flexibility index (Phi) is 18.2. The molecule has 1 saturated carbocycles. The number of nitrogens with zero attached hydrogens (tertiary/aromatic N) is 3. The number of piperidine rings is 1. The highest BCUT2D eigenvalue weighted by molar-refractivity contribution is 7.09. The molecule has 0 spiro atoms. The number of carbonyl (C=O) groups is 5. The molecule has 0 unspecified atom stereocenters. The number of ether oxygens (including phenoxy) is 2. The van der Waals surface area contributed by atoms with Crippen molar-refractivity contribution in [3.63, 3.8) is 0 Å². The Balaban J connectivity index is 1.53. The summed E-state index contributed by atoms with van der Waals surface area (Å²) in [5.74, 6) is -1.68. The molecule has 3 amide bonds. The van der Waals surface area contributed by atoms with Crippen molar-refractivity contribution in [1.82, 2.24) is 25.4 Å². The summed E-state index contributed by atoms with van der Waals surface area (Å²) in [5, 5.41) is 8.34. The third kappa shape index (κ3) is 13.7. The van der Waals surface area contributed by atoms with Gasteiger partial charge in [-0.3, -0.25) is 28.9 Å². The monoisotopic (exact) mass is 839 g/mol. The molecule has 2 heterocycles. The maximum absolute atomic E-state index is 14.6. The second-order valence-corrected chi connectivity index (χ2v) is 18.3. The number of nitrogens with one attached hydrogen (secondary N) is 2. The Hall–Kier alpha value is -4.04. The van der Waals surface area contributed by atoms with Gasteiger partial charge in [-0.1, -0.05) is 60.1 Å². The number of rotatable bonds is 20. The number of amides is 3. The zero-order valence-electron chi connectivity index (χ0n) is 36.8. The Morgan fingerprint density at radius 1 is 1.00 bits per heavy atom. The van der Waals surface area contributed by atoms with Gasteiger partial charge < -0.3 is 30.7 Å². The summed E-state index contributed by atoms with van der Waals surface area (Å²) in [4.78, 5) is 76.3. The molecule has 0 radical (unpaired) electrons. The van der Waals surface area contributed by atoms with Crippen LogP contribution in [0.25, 0.3) is 0 Å². The van der Waals surface area contributed by atoms with Gasteiger partial charge in [0.1, 0.15) is 22.8 Å². The Labute approximate surface area is 355 Å². The van der Waals surface area contributed by atoms with Crippen LogP contribution >= 0.6 is 11.3 Å². The van der Waals surface area contributed by atoms with Crippen LogP contribution in [0.4, 0.5) is 5.69 Å². The highest BCUT2D eigenvalue weighted by atomic mass is 32.1. The number of likely N-dealkylation sites (tertiary alicyclic amines) is 1. The fraction of sp³-hybridized carbons (Fsp3) is 0.689. The molecule has 4 rings (SSSR count). The van der Waals surface area contributed by atoms with E-state index in [9.17, 15) is 24.0 Å². The van der Waals surface area contributed by atoms with Crippen molar-refractivity contribution in [2.75, 3.05) is 25.9 Å². The molecule has 1 aliphatic carbocycles. The van der Waals surface area contributed by atoms with Crippen LogP contribution in [0, 0.1) is 23.7 Å². The molecule has 328 valence electrons. The van der Waals surface area contributed by atoms with Crippen molar-refractivity contribution in [3.05, 3.63) is 45.9 Å². The molecule has 2 fully saturated rings. The normalized spacial score (nSPS) is 20.5. The van der Waals surface area contributed by atoms with E-state index in [1.54, 1.807) is 10.3 Å². The first-order valence-electron chi connectivity index (χ1n) is 21.8. The number of benzene rings is 1. The van der Waals surface area contributed by atoms with Crippen molar-refractivity contribution < 1.29 is 33.4 Å². The Morgan fingerprint density at radius 3 is 2.29 bits per heavy atom. The average molecular weight is 839 g/mol. The highest BCUT2D eigenvalue weighted by Crippen LogP contribution is 2.32. The van der Waals surface area contributed by atoms with E-state index in [0.717, 1.165) is 50.6 Å². The lowest BCUT2D eigenvalue weighted by atomic mass is 9.90. The molecule has 2 aromatic rings. The van der Waals surface area contributed by atoms with Crippen LogP contribution in [0.15, 0.2) is 29.6 Å². The zero-order valence-corrected chi connectivity index (χ0v) is 37.6. The van der Waals surface area contributed by atoms with Crippen molar-refractivity contribution >= 4 is 46.7 Å². The first-order valence-corrected chi connectivity index (χ1v) is 22.7. The minimum absolute atomic E-state index is 0.0465. The van der Waals surface area contributed by atoms with Crippen molar-refractivity contribution in [1.29, 1.82) is 0 Å². The van der Waals surface area contributed by atoms with E-state index in [0.29, 0.717) is 42.4 Å². The number of esters is 2. The number of hydrogen-bond donors (Lipinski definition) is 3. The number of hydrogen-bond acceptors (Lipinski definition) is 11. The molecule has 2 aliphatic rings. The molecule has 8 atom stereocenters. The third-order valence-corrected chi connectivity index (χ3v) is 13.2. The topological polar surface area (TPSA) is 173 Å². The quantitative estimate of drug-likeness (QED) is 0.0962. The summed E-state index contributed by atoms with van der Waals surface area (Å²) in [6.07, 6.45) is 6.52. The molecular weight excluding hydrogens is 769 g/mol. The van der Waals surface area contributed by atoms with Gasteiger partial charge in [-0.25, -0.2) is 4.98 Å². The second-order valence-electron chi connectivity index (χ2n) is 17.4. The molecule has 14 heteroatoms. The molecular formula is C45H70N6O7S. The third-order valence-electron chi connectivity index (χ3n) is 12.2. The first-order chi connectivity index (χ1) is 28.0. The Morgan fingerprint density at radius 2 is 1.68 bits per heavy atom. The van der Waals surface area contributed by atoms with Gasteiger partial charge in [0.25, 0.3) is 5.91 Å². The van der Waals surface area contributed by atoms with Gasteiger partial charge in [0.05, 0.1) is 12.0 Å². The summed E-state index contributed by atoms with van der Waals surface area (Å²) in [7, 11) is 1.96. The SMILES string of the molecule is CC[C@H](C)[C@H](NC(=O)[C@H]1C[C@H](C)CCN1C)C(=O)N(CC)[C@H](C[C@@H](OC(C)=O)c1nc(C(=O)N[C@@H](Cc2ccc(N)cc2)C[C@H](C)C(=O)OC2CCCC2)cs1)C(C)C. The molecule has 59 heavy (non-hydrogen) atoms. The van der Waals surface area contributed by atoms with Gasteiger partial charge in [-0.2, -0.15) is 0 Å². The van der Waals surface area contributed by atoms with Crippen LogP contribution in [0.2, 0.25) is 0 Å². The number of aromatic nitrogens is 1. The van der Waals surface area contributed by atoms with Crippen LogP contribution in [-0.4, -0.2) is 94.9 Å². The molecule has 1 aromatic carbocycles. The van der Waals surface area contributed by atoms with Crippen LogP contribution in [0.3, 0.4) is 0 Å². The number of carbonyl (C=O) groups excluding carboxylic acids is 5. The van der Waals surface area contributed by atoms with Crippen molar-refractivity contribution in [2.45, 2.75) is 156 Å². The summed E-state index contributed by atoms with van der Waals surface area (Å²) in [6, 6.07) is 5.61. The minimum atomic E-state index is -0.835. The predicted molar refractivity (Wildman–Crippen MR) is 231 cm³/mol. The maximum Gasteiger partial charge on any atom is 0.308 e. The van der Waals surface area contributed by atoms with Gasteiger partial charge >= 0.3 is 11.9 Å². The first kappa shape index (κ1) is 47.6. The lowest BCUT2D eigenvalue weighted by Crippen LogP contribution is -2.59. The fourth-order valence-corrected chi connectivity index (χ4v) is 9.19. The number of nitrogens with two attached hydrogens (primary N) is 1. The van der Waals surface area contributed by atoms with Gasteiger partial charge in [0, 0.05) is 43.0 Å². The summed E-state index contributed by atoms with van der Waals surface area (Å²) in [5.41, 5.74) is 7.68. The van der Waals surface area contributed by atoms with E-state index in [-0.39, 0.29) is 59.9 Å². The number of anilines is 1. The van der Waals surface area contributed by atoms with Crippen LogP contribution in [0.5, 0.6) is 0 Å². The second kappa shape index (κ2) is 22.5. The van der Waals surface area contributed by atoms with Crippen molar-refractivity contribution in [3.8, 4) is 0 Å². The Bertz CT molecular complexity index is 1700. The van der Waals surface area contributed by atoms with Gasteiger partial charge in [0.15, 0.2) is 6.10 Å². The van der Waals surface area contributed by atoms with Crippen LogP contribution in [-0.2, 0) is 35.1 Å². The van der Waals surface area contributed by atoms with E-state index >= 15 is 0 Å². The van der Waals surface area contributed by atoms with Gasteiger partial charge in [-0.05, 0) is 107 Å². The molecule has 1 saturated heterocycles. The van der Waals surface area contributed by atoms with Crippen LogP contribution in [0.1, 0.15) is 140 Å². The van der Waals surface area contributed by atoms with Crippen LogP contribution < -0.4 is 16.4 Å². The van der Waals surface area contributed by atoms with E-state index < -0.39 is 36.0 Å². The van der Waals surface area contributed by atoms with E-state index in [1.165, 1.54) is 18.3 Å². The lowest BCUT2D eigenvalue weighted by Gasteiger charge is -2.40. The maximum atomic E-state index is 14.6. The van der Waals surface area contributed by atoms with E-state index in [2.05, 4.69) is 22.5 Å². The van der Waals surface area contributed by atoms with E-state index in [4.69, 9.17) is 20.2 Å². The summed E-state index contributed by atoms with van der Waals surface area (Å²) in [6.45, 7) is 16.5. The molecule has 0 bridgehead atoms. The average Bonchev–Trinajstić information content (AvgIpc) is 3.91. The van der Waals surface area contributed by atoms with E-state index in [1.807, 2.05) is 72.9 Å². The molecule has 1 aromatic heterocycles. The molecule has 1 aliphatic heterocycles. The zero-order chi connectivity index (χ0) is 43.4. The van der Waals surface area contributed by atoms with Crippen molar-refractivity contribution in [2.24, 2.45) is 23.7 Å². The largest absolute Gasteiger partial charge is 0.462 e. The fourth-order valence-electron chi connectivity index (χ4n) is 8.35.